The summed E-state index contributed by atoms with van der Waals surface area (Å²) in [5.41, 5.74) is 0. The molecule has 0 aromatic heterocycles. The van der Waals surface area contributed by atoms with Crippen molar-refractivity contribution >= 4 is 23.2 Å². The third kappa shape index (κ3) is 4.06. The van der Waals surface area contributed by atoms with Crippen molar-refractivity contribution in [1.82, 2.24) is 5.32 Å². The van der Waals surface area contributed by atoms with Crippen LogP contribution in [0.2, 0.25) is 10.0 Å². The van der Waals surface area contributed by atoms with Crippen molar-refractivity contribution in [3.05, 3.63) is 28.2 Å². The van der Waals surface area contributed by atoms with Gasteiger partial charge in [0.15, 0.2) is 0 Å². The highest BCUT2D eigenvalue weighted by Crippen LogP contribution is 2.26. The van der Waals surface area contributed by atoms with Crippen LogP contribution in [0.4, 0.5) is 0 Å². The lowest BCUT2D eigenvalue weighted by Crippen LogP contribution is -2.30. The van der Waals surface area contributed by atoms with Gasteiger partial charge in [-0.05, 0) is 50.4 Å². The minimum atomic E-state index is 0.545. The van der Waals surface area contributed by atoms with E-state index >= 15 is 0 Å². The Bertz CT molecular complexity index is 364. The molecule has 1 aliphatic rings. The van der Waals surface area contributed by atoms with E-state index in [1.807, 2.05) is 6.07 Å². The summed E-state index contributed by atoms with van der Waals surface area (Å²) in [6.07, 6.45) is 3.67. The third-order valence-corrected chi connectivity index (χ3v) is 3.82. The molecule has 1 atom stereocenters. The lowest BCUT2D eigenvalue weighted by atomic mass is 9.97. The van der Waals surface area contributed by atoms with Gasteiger partial charge in [-0.3, -0.25) is 0 Å². The number of halogens is 2. The SMILES string of the molecule is Clc1ccc(OCC[C@H]2CCCNC2)cc1Cl. The largest absolute Gasteiger partial charge is 0.494 e. The van der Waals surface area contributed by atoms with Crippen molar-refractivity contribution < 1.29 is 4.74 Å². The summed E-state index contributed by atoms with van der Waals surface area (Å²) >= 11 is 11.8. The van der Waals surface area contributed by atoms with Crippen molar-refractivity contribution in [3.63, 3.8) is 0 Å². The molecule has 1 aliphatic heterocycles. The van der Waals surface area contributed by atoms with E-state index in [1.54, 1.807) is 12.1 Å². The number of piperidine rings is 1. The first-order valence-electron chi connectivity index (χ1n) is 6.04. The Kier molecular flexibility index (Phi) is 4.96. The second-order valence-electron chi connectivity index (χ2n) is 4.43. The first kappa shape index (κ1) is 13.0. The van der Waals surface area contributed by atoms with E-state index in [2.05, 4.69) is 5.32 Å². The molecule has 4 heteroatoms. The molecule has 0 spiro atoms. The van der Waals surface area contributed by atoms with E-state index in [0.29, 0.717) is 10.0 Å². The monoisotopic (exact) mass is 273 g/mol. The maximum Gasteiger partial charge on any atom is 0.120 e. The summed E-state index contributed by atoms with van der Waals surface area (Å²) in [5.74, 6) is 1.54. The zero-order valence-corrected chi connectivity index (χ0v) is 11.2. The van der Waals surface area contributed by atoms with Gasteiger partial charge in [0.1, 0.15) is 5.75 Å². The van der Waals surface area contributed by atoms with Crippen LogP contribution in [0.5, 0.6) is 5.75 Å². The molecule has 0 amide bonds. The topological polar surface area (TPSA) is 21.3 Å². The Balaban J connectivity index is 1.75. The van der Waals surface area contributed by atoms with Gasteiger partial charge >= 0.3 is 0 Å². The smallest absolute Gasteiger partial charge is 0.120 e. The lowest BCUT2D eigenvalue weighted by Gasteiger charge is -2.22. The molecule has 1 heterocycles. The van der Waals surface area contributed by atoms with Crippen LogP contribution in [0.15, 0.2) is 18.2 Å². The van der Waals surface area contributed by atoms with Gasteiger partial charge in [0.2, 0.25) is 0 Å². The lowest BCUT2D eigenvalue weighted by molar-refractivity contribution is 0.254. The number of nitrogens with one attached hydrogen (secondary N) is 1. The summed E-state index contributed by atoms with van der Waals surface area (Å²) in [5, 5.41) is 4.52. The van der Waals surface area contributed by atoms with E-state index in [1.165, 1.54) is 12.8 Å². The molecule has 1 aromatic rings. The Labute approximate surface area is 112 Å². The van der Waals surface area contributed by atoms with Crippen LogP contribution >= 0.6 is 23.2 Å². The number of hydrogen-bond donors (Lipinski definition) is 1. The zero-order valence-electron chi connectivity index (χ0n) is 9.72. The molecule has 2 rings (SSSR count). The third-order valence-electron chi connectivity index (χ3n) is 3.08. The molecule has 1 saturated heterocycles. The summed E-state index contributed by atoms with van der Waals surface area (Å²) in [6, 6.07) is 5.39. The molecule has 0 radical (unpaired) electrons. The molecule has 1 N–H and O–H groups in total. The summed E-state index contributed by atoms with van der Waals surface area (Å²) in [4.78, 5) is 0. The van der Waals surface area contributed by atoms with E-state index in [-0.39, 0.29) is 0 Å². The highest BCUT2D eigenvalue weighted by molar-refractivity contribution is 6.42. The molecule has 0 saturated carbocycles. The second kappa shape index (κ2) is 6.48. The fraction of sp³-hybridized carbons (Fsp3) is 0.538. The standard InChI is InChI=1S/C13H17Cl2NO/c14-12-4-3-11(8-13(12)15)17-7-5-10-2-1-6-16-9-10/h3-4,8,10,16H,1-2,5-7,9H2/t10-/m1/s1. The Hall–Kier alpha value is -0.440. The molecule has 2 nitrogen and oxygen atoms in total. The first-order chi connectivity index (χ1) is 8.25. The molecular formula is C13H17Cl2NO. The van der Waals surface area contributed by atoms with Crippen LogP contribution in [0.25, 0.3) is 0 Å². The summed E-state index contributed by atoms with van der Waals surface area (Å²) < 4.78 is 5.67. The van der Waals surface area contributed by atoms with Gasteiger partial charge in [-0.25, -0.2) is 0 Å². The van der Waals surface area contributed by atoms with Gasteiger partial charge in [-0.2, -0.15) is 0 Å². The van der Waals surface area contributed by atoms with Gasteiger partial charge in [0.05, 0.1) is 16.7 Å². The normalized spacial score (nSPS) is 20.2. The molecule has 94 valence electrons. The molecule has 0 aliphatic carbocycles. The van der Waals surface area contributed by atoms with Gasteiger partial charge in [0, 0.05) is 6.07 Å². The van der Waals surface area contributed by atoms with Crippen LogP contribution in [0.1, 0.15) is 19.3 Å². The van der Waals surface area contributed by atoms with Crippen LogP contribution in [0.3, 0.4) is 0 Å². The fourth-order valence-electron chi connectivity index (χ4n) is 2.08. The van der Waals surface area contributed by atoms with Crippen molar-refractivity contribution in [2.24, 2.45) is 5.92 Å². The van der Waals surface area contributed by atoms with Crippen LogP contribution in [-0.4, -0.2) is 19.7 Å². The Morgan fingerprint density at radius 2 is 2.18 bits per heavy atom. The number of ether oxygens (including phenoxy) is 1. The van der Waals surface area contributed by atoms with Gasteiger partial charge in [0.25, 0.3) is 0 Å². The van der Waals surface area contributed by atoms with Crippen molar-refractivity contribution in [2.75, 3.05) is 19.7 Å². The van der Waals surface area contributed by atoms with Gasteiger partial charge in [-0.15, -0.1) is 0 Å². The molecule has 0 bridgehead atoms. The molecular weight excluding hydrogens is 257 g/mol. The van der Waals surface area contributed by atoms with Crippen molar-refractivity contribution in [2.45, 2.75) is 19.3 Å². The molecule has 0 unspecified atom stereocenters. The minimum Gasteiger partial charge on any atom is -0.494 e. The quantitative estimate of drug-likeness (QED) is 0.902. The van der Waals surface area contributed by atoms with E-state index in [0.717, 1.165) is 37.8 Å². The summed E-state index contributed by atoms with van der Waals surface area (Å²) in [6.45, 7) is 3.01. The van der Waals surface area contributed by atoms with E-state index in [9.17, 15) is 0 Å². The average molecular weight is 274 g/mol. The van der Waals surface area contributed by atoms with Crippen molar-refractivity contribution in [3.8, 4) is 5.75 Å². The molecule has 17 heavy (non-hydrogen) atoms. The number of rotatable bonds is 4. The Morgan fingerprint density at radius 1 is 1.29 bits per heavy atom. The predicted molar refractivity (Wildman–Crippen MR) is 72.2 cm³/mol. The van der Waals surface area contributed by atoms with Crippen molar-refractivity contribution in [1.29, 1.82) is 0 Å². The highest BCUT2D eigenvalue weighted by Gasteiger charge is 2.12. The maximum atomic E-state index is 5.92. The van der Waals surface area contributed by atoms with Crippen LogP contribution in [0, 0.1) is 5.92 Å². The zero-order chi connectivity index (χ0) is 12.1. The fourth-order valence-corrected chi connectivity index (χ4v) is 2.37. The van der Waals surface area contributed by atoms with Gasteiger partial charge < -0.3 is 10.1 Å². The molecule has 1 fully saturated rings. The average Bonchev–Trinajstić information content (AvgIpc) is 2.35. The second-order valence-corrected chi connectivity index (χ2v) is 5.24. The molecule has 1 aromatic carbocycles. The Morgan fingerprint density at radius 3 is 2.88 bits per heavy atom. The number of hydrogen-bond acceptors (Lipinski definition) is 2. The van der Waals surface area contributed by atoms with E-state index in [4.69, 9.17) is 27.9 Å². The van der Waals surface area contributed by atoms with Gasteiger partial charge in [-0.1, -0.05) is 23.2 Å². The van der Waals surface area contributed by atoms with E-state index < -0.39 is 0 Å². The predicted octanol–water partition coefficient (Wildman–Crippen LogP) is 3.76. The maximum absolute atomic E-state index is 5.92. The van der Waals surface area contributed by atoms with Crippen LogP contribution < -0.4 is 10.1 Å². The number of benzene rings is 1. The summed E-state index contributed by atoms with van der Waals surface area (Å²) in [7, 11) is 0. The highest BCUT2D eigenvalue weighted by atomic mass is 35.5. The van der Waals surface area contributed by atoms with Crippen LogP contribution in [-0.2, 0) is 0 Å². The minimum absolute atomic E-state index is 0.545. The first-order valence-corrected chi connectivity index (χ1v) is 6.80.